The molecule has 0 spiro atoms. The molecule has 0 radical (unpaired) electrons. The summed E-state index contributed by atoms with van der Waals surface area (Å²) in [6, 6.07) is 7.99. The first-order valence-electron chi connectivity index (χ1n) is 4.68. The van der Waals surface area contributed by atoms with Crippen LogP contribution in [0.1, 0.15) is 4.88 Å². The van der Waals surface area contributed by atoms with Crippen molar-refractivity contribution in [2.24, 2.45) is 0 Å². The average molecular weight is 217 g/mol. The minimum absolute atomic E-state index is 0.772. The number of nitrogens with zero attached hydrogens (tertiary/aromatic N) is 1. The van der Waals surface area contributed by atoms with Crippen molar-refractivity contribution in [1.29, 1.82) is 0 Å². The van der Waals surface area contributed by atoms with E-state index in [1.165, 1.54) is 4.88 Å². The fraction of sp³-hybridized carbons (Fsp3) is 0.0833. The predicted molar refractivity (Wildman–Crippen MR) is 63.0 cm³/mol. The third-order valence-corrected chi connectivity index (χ3v) is 3.00. The lowest BCUT2D eigenvalue weighted by molar-refractivity contribution is 0.471. The van der Waals surface area contributed by atoms with E-state index in [1.54, 1.807) is 23.6 Å². The molecule has 2 aromatic rings. The van der Waals surface area contributed by atoms with Crippen molar-refractivity contribution < 1.29 is 5.11 Å². The van der Waals surface area contributed by atoms with Gasteiger partial charge in [0.2, 0.25) is 0 Å². The number of aromatic nitrogens is 1. The number of rotatable bonds is 3. The first-order valence-corrected chi connectivity index (χ1v) is 5.56. The quantitative estimate of drug-likeness (QED) is 0.799. The summed E-state index contributed by atoms with van der Waals surface area (Å²) in [5.41, 5.74) is 2.13. The third kappa shape index (κ3) is 2.44. The molecular formula is C12H11NOS. The van der Waals surface area contributed by atoms with Gasteiger partial charge in [0.1, 0.15) is 0 Å². The lowest BCUT2D eigenvalue weighted by atomic mass is 10.2. The van der Waals surface area contributed by atoms with Gasteiger partial charge >= 0.3 is 0 Å². The summed E-state index contributed by atoms with van der Waals surface area (Å²) in [5.74, 6) is 0. The van der Waals surface area contributed by atoms with E-state index in [2.05, 4.69) is 16.4 Å². The standard InChI is InChI=1S/C12H11NOS/c14-7-3-4-11-8-10(9-15-11)12-5-1-2-6-13-12/h1-3,5-9,14H,4H2/b7-3+. The van der Waals surface area contributed by atoms with E-state index in [0.29, 0.717) is 0 Å². The molecule has 0 saturated carbocycles. The Hall–Kier alpha value is -1.61. The molecular weight excluding hydrogens is 206 g/mol. The highest BCUT2D eigenvalue weighted by atomic mass is 32.1. The number of thiophene rings is 1. The molecule has 15 heavy (non-hydrogen) atoms. The van der Waals surface area contributed by atoms with Gasteiger partial charge in [-0.2, -0.15) is 0 Å². The number of aliphatic hydroxyl groups excluding tert-OH is 1. The van der Waals surface area contributed by atoms with Gasteiger partial charge in [-0.25, -0.2) is 0 Å². The number of hydrogen-bond acceptors (Lipinski definition) is 3. The summed E-state index contributed by atoms with van der Waals surface area (Å²) in [5, 5.41) is 10.6. The van der Waals surface area contributed by atoms with E-state index < -0.39 is 0 Å². The Morgan fingerprint density at radius 2 is 2.33 bits per heavy atom. The van der Waals surface area contributed by atoms with Crippen molar-refractivity contribution >= 4 is 11.3 Å². The number of allylic oxidation sites excluding steroid dienone is 1. The SMILES string of the molecule is O/C=C/Cc1cc(-c2ccccn2)cs1. The van der Waals surface area contributed by atoms with Gasteiger partial charge in [-0.3, -0.25) is 4.98 Å². The van der Waals surface area contributed by atoms with E-state index in [4.69, 9.17) is 5.11 Å². The number of pyridine rings is 1. The molecule has 76 valence electrons. The maximum atomic E-state index is 8.56. The molecule has 0 fully saturated rings. The van der Waals surface area contributed by atoms with Crippen molar-refractivity contribution in [2.75, 3.05) is 0 Å². The molecule has 0 aliphatic rings. The smallest absolute Gasteiger partial charge is 0.0755 e. The second kappa shape index (κ2) is 4.75. The Kier molecular flexibility index (Phi) is 3.15. The van der Waals surface area contributed by atoms with Gasteiger partial charge in [-0.1, -0.05) is 6.07 Å². The fourth-order valence-electron chi connectivity index (χ4n) is 1.32. The summed E-state index contributed by atoms with van der Waals surface area (Å²) >= 11 is 1.68. The van der Waals surface area contributed by atoms with Crippen molar-refractivity contribution in [3.05, 3.63) is 53.1 Å². The lowest BCUT2D eigenvalue weighted by Gasteiger charge is -1.93. The first kappa shape index (κ1) is 9.93. The van der Waals surface area contributed by atoms with Gasteiger partial charge in [0.05, 0.1) is 12.0 Å². The Bertz CT molecular complexity index is 448. The van der Waals surface area contributed by atoms with Gasteiger partial charge in [0.15, 0.2) is 0 Å². The maximum Gasteiger partial charge on any atom is 0.0755 e. The summed E-state index contributed by atoms with van der Waals surface area (Å²) in [6.45, 7) is 0. The zero-order valence-electron chi connectivity index (χ0n) is 8.13. The van der Waals surface area contributed by atoms with Gasteiger partial charge in [0.25, 0.3) is 0 Å². The molecule has 0 unspecified atom stereocenters. The van der Waals surface area contributed by atoms with E-state index in [1.807, 2.05) is 18.2 Å². The minimum atomic E-state index is 0.772. The Morgan fingerprint density at radius 3 is 3.07 bits per heavy atom. The Balaban J connectivity index is 2.20. The predicted octanol–water partition coefficient (Wildman–Crippen LogP) is 3.42. The van der Waals surface area contributed by atoms with Gasteiger partial charge in [0, 0.05) is 28.4 Å². The summed E-state index contributed by atoms with van der Waals surface area (Å²) in [4.78, 5) is 5.50. The second-order valence-corrected chi connectivity index (χ2v) is 4.10. The Labute approximate surface area is 92.5 Å². The third-order valence-electron chi connectivity index (χ3n) is 2.04. The van der Waals surface area contributed by atoms with Crippen LogP contribution in [0.25, 0.3) is 11.3 Å². The summed E-state index contributed by atoms with van der Waals surface area (Å²) in [6.07, 6.45) is 5.38. The van der Waals surface area contributed by atoms with Crippen LogP contribution >= 0.6 is 11.3 Å². The van der Waals surface area contributed by atoms with E-state index in [0.717, 1.165) is 23.9 Å². The maximum absolute atomic E-state index is 8.56. The minimum Gasteiger partial charge on any atom is -0.516 e. The number of aliphatic hydroxyl groups is 1. The van der Waals surface area contributed by atoms with Crippen LogP contribution in [0.15, 0.2) is 48.2 Å². The van der Waals surface area contributed by atoms with Crippen molar-refractivity contribution in [3.63, 3.8) is 0 Å². The molecule has 0 aromatic carbocycles. The highest BCUT2D eigenvalue weighted by Gasteiger charge is 2.01. The summed E-state index contributed by atoms with van der Waals surface area (Å²) in [7, 11) is 0. The molecule has 1 N–H and O–H groups in total. The highest BCUT2D eigenvalue weighted by Crippen LogP contribution is 2.24. The number of hydrogen-bond donors (Lipinski definition) is 1. The normalized spacial score (nSPS) is 10.9. The molecule has 0 atom stereocenters. The molecule has 2 heterocycles. The highest BCUT2D eigenvalue weighted by molar-refractivity contribution is 7.10. The first-order chi connectivity index (χ1) is 7.40. The van der Waals surface area contributed by atoms with Crippen molar-refractivity contribution in [3.8, 4) is 11.3 Å². The zero-order chi connectivity index (χ0) is 10.5. The Morgan fingerprint density at radius 1 is 1.40 bits per heavy atom. The van der Waals surface area contributed by atoms with Crippen LogP contribution < -0.4 is 0 Å². The van der Waals surface area contributed by atoms with Crippen LogP contribution in [-0.2, 0) is 6.42 Å². The van der Waals surface area contributed by atoms with Crippen LogP contribution in [0.2, 0.25) is 0 Å². The molecule has 0 bridgehead atoms. The topological polar surface area (TPSA) is 33.1 Å². The molecule has 0 aliphatic heterocycles. The van der Waals surface area contributed by atoms with Crippen LogP contribution in [0.4, 0.5) is 0 Å². The van der Waals surface area contributed by atoms with E-state index >= 15 is 0 Å². The van der Waals surface area contributed by atoms with Gasteiger partial charge in [-0.05, 0) is 24.3 Å². The lowest BCUT2D eigenvalue weighted by Crippen LogP contribution is -1.78. The molecule has 2 rings (SSSR count). The molecule has 0 amide bonds. The van der Waals surface area contributed by atoms with Crippen LogP contribution in [0.5, 0.6) is 0 Å². The molecule has 0 saturated heterocycles. The monoisotopic (exact) mass is 217 g/mol. The molecule has 3 heteroatoms. The van der Waals surface area contributed by atoms with E-state index in [9.17, 15) is 0 Å². The average Bonchev–Trinajstić information content (AvgIpc) is 2.76. The molecule has 0 aliphatic carbocycles. The molecule has 2 nitrogen and oxygen atoms in total. The van der Waals surface area contributed by atoms with E-state index in [-0.39, 0.29) is 0 Å². The van der Waals surface area contributed by atoms with Crippen molar-refractivity contribution in [1.82, 2.24) is 4.98 Å². The largest absolute Gasteiger partial charge is 0.516 e. The second-order valence-electron chi connectivity index (χ2n) is 3.11. The van der Waals surface area contributed by atoms with Gasteiger partial charge < -0.3 is 5.11 Å². The zero-order valence-corrected chi connectivity index (χ0v) is 8.95. The van der Waals surface area contributed by atoms with Crippen molar-refractivity contribution in [2.45, 2.75) is 6.42 Å². The van der Waals surface area contributed by atoms with Crippen LogP contribution in [0, 0.1) is 0 Å². The van der Waals surface area contributed by atoms with Gasteiger partial charge in [-0.15, -0.1) is 11.3 Å². The van der Waals surface area contributed by atoms with Crippen LogP contribution in [0.3, 0.4) is 0 Å². The fourth-order valence-corrected chi connectivity index (χ4v) is 2.18. The van der Waals surface area contributed by atoms with Crippen LogP contribution in [-0.4, -0.2) is 10.1 Å². The summed E-state index contributed by atoms with van der Waals surface area (Å²) < 4.78 is 0. The molecule has 2 aromatic heterocycles.